The van der Waals surface area contributed by atoms with Crippen LogP contribution < -0.4 is 10.2 Å². The number of aryl methyl sites for hydroxylation is 1. The molecule has 0 aliphatic carbocycles. The van der Waals surface area contributed by atoms with E-state index in [1.54, 1.807) is 27.8 Å². The Kier molecular flexibility index (Phi) is 5.36. The number of amides is 2. The molecule has 1 unspecified atom stereocenters. The first kappa shape index (κ1) is 19.2. The van der Waals surface area contributed by atoms with Crippen LogP contribution in [0.25, 0.3) is 0 Å². The highest BCUT2D eigenvalue weighted by Gasteiger charge is 2.35. The molecule has 2 heterocycles. The van der Waals surface area contributed by atoms with Crippen LogP contribution in [0.2, 0.25) is 5.02 Å². The number of hydrogen-bond donors (Lipinski definition) is 1. The van der Waals surface area contributed by atoms with Gasteiger partial charge in [-0.25, -0.2) is 4.68 Å². The molecule has 1 saturated heterocycles. The highest BCUT2D eigenvalue weighted by molar-refractivity contribution is 6.31. The van der Waals surface area contributed by atoms with Gasteiger partial charge in [-0.2, -0.15) is 5.10 Å². The summed E-state index contributed by atoms with van der Waals surface area (Å²) in [7, 11) is 0. The Labute approximate surface area is 174 Å². The third-order valence-corrected chi connectivity index (χ3v) is 5.18. The van der Waals surface area contributed by atoms with Gasteiger partial charge >= 0.3 is 0 Å². The monoisotopic (exact) mass is 408 g/mol. The molecule has 7 heteroatoms. The van der Waals surface area contributed by atoms with Gasteiger partial charge in [0.15, 0.2) is 0 Å². The minimum absolute atomic E-state index is 0.0820. The molecular formula is C22H21ClN4O2. The third kappa shape index (κ3) is 4.32. The fourth-order valence-electron chi connectivity index (χ4n) is 3.53. The van der Waals surface area contributed by atoms with E-state index >= 15 is 0 Å². The fraction of sp³-hybridized carbons (Fsp3) is 0.227. The Balaban J connectivity index is 1.47. The summed E-state index contributed by atoms with van der Waals surface area (Å²) in [6.07, 6.45) is 0.171. The Hall–Kier alpha value is -3.12. The number of carbonyl (C=O) groups is 2. The lowest BCUT2D eigenvalue weighted by atomic mass is 10.1. The van der Waals surface area contributed by atoms with E-state index in [1.807, 2.05) is 49.4 Å². The zero-order chi connectivity index (χ0) is 20.4. The lowest BCUT2D eigenvalue weighted by Gasteiger charge is -2.17. The van der Waals surface area contributed by atoms with Gasteiger partial charge in [0.2, 0.25) is 11.8 Å². The highest BCUT2D eigenvalue weighted by atomic mass is 35.5. The summed E-state index contributed by atoms with van der Waals surface area (Å²) >= 11 is 6.04. The molecule has 0 radical (unpaired) electrons. The van der Waals surface area contributed by atoms with Crippen molar-refractivity contribution >= 4 is 34.9 Å². The van der Waals surface area contributed by atoms with Gasteiger partial charge in [-0.15, -0.1) is 0 Å². The number of nitrogens with zero attached hydrogens (tertiary/aromatic N) is 3. The summed E-state index contributed by atoms with van der Waals surface area (Å²) in [6, 6.07) is 18.9. The number of hydrogen-bond acceptors (Lipinski definition) is 3. The van der Waals surface area contributed by atoms with Crippen LogP contribution in [0.4, 0.5) is 11.5 Å². The number of aromatic nitrogens is 2. The average molecular weight is 409 g/mol. The quantitative estimate of drug-likeness (QED) is 0.696. The molecule has 1 aromatic heterocycles. The molecule has 0 saturated carbocycles. The number of benzene rings is 2. The standard InChI is InChI=1S/C22H21ClN4O2/c1-15-10-20(27(25-15)13-16-6-3-2-4-7-16)24-22(29)17-11-21(28)26(14-17)19-9-5-8-18(23)12-19/h2-10,12,17H,11,13-14H2,1H3,(H,24,29). The van der Waals surface area contributed by atoms with Crippen molar-refractivity contribution in [1.82, 2.24) is 9.78 Å². The van der Waals surface area contributed by atoms with Crippen molar-refractivity contribution in [3.63, 3.8) is 0 Å². The van der Waals surface area contributed by atoms with Gasteiger partial charge in [-0.3, -0.25) is 9.59 Å². The molecule has 4 rings (SSSR count). The predicted octanol–water partition coefficient (Wildman–Crippen LogP) is 3.88. The van der Waals surface area contributed by atoms with E-state index in [-0.39, 0.29) is 18.2 Å². The lowest BCUT2D eigenvalue weighted by Crippen LogP contribution is -2.28. The third-order valence-electron chi connectivity index (χ3n) is 4.94. The first-order chi connectivity index (χ1) is 14.0. The molecule has 1 atom stereocenters. The van der Waals surface area contributed by atoms with E-state index in [2.05, 4.69) is 10.4 Å². The molecule has 2 aromatic carbocycles. The molecule has 6 nitrogen and oxygen atoms in total. The van der Waals surface area contributed by atoms with Crippen molar-refractivity contribution in [1.29, 1.82) is 0 Å². The topological polar surface area (TPSA) is 67.2 Å². The first-order valence-corrected chi connectivity index (χ1v) is 9.82. The smallest absolute Gasteiger partial charge is 0.230 e. The van der Waals surface area contributed by atoms with Crippen LogP contribution in [0.1, 0.15) is 17.7 Å². The Morgan fingerprint density at radius 2 is 1.97 bits per heavy atom. The van der Waals surface area contributed by atoms with Gasteiger partial charge in [0.1, 0.15) is 5.82 Å². The largest absolute Gasteiger partial charge is 0.312 e. The second-order valence-corrected chi connectivity index (χ2v) is 7.63. The molecule has 1 aliphatic heterocycles. The van der Waals surface area contributed by atoms with Crippen molar-refractivity contribution in [3.8, 4) is 0 Å². The summed E-state index contributed by atoms with van der Waals surface area (Å²) in [4.78, 5) is 26.9. The number of rotatable bonds is 5. The minimum Gasteiger partial charge on any atom is -0.312 e. The van der Waals surface area contributed by atoms with Crippen molar-refractivity contribution in [2.45, 2.75) is 19.9 Å². The van der Waals surface area contributed by atoms with Crippen LogP contribution in [-0.4, -0.2) is 28.1 Å². The maximum atomic E-state index is 12.9. The van der Waals surface area contributed by atoms with Crippen LogP contribution >= 0.6 is 11.6 Å². The van der Waals surface area contributed by atoms with E-state index in [4.69, 9.17) is 11.6 Å². The van der Waals surface area contributed by atoms with Gasteiger partial charge in [0, 0.05) is 29.7 Å². The van der Waals surface area contributed by atoms with E-state index in [9.17, 15) is 9.59 Å². The van der Waals surface area contributed by atoms with Crippen molar-refractivity contribution in [2.24, 2.45) is 5.92 Å². The van der Waals surface area contributed by atoms with Crippen LogP contribution in [0.15, 0.2) is 60.7 Å². The number of carbonyl (C=O) groups excluding carboxylic acids is 2. The molecule has 29 heavy (non-hydrogen) atoms. The molecule has 1 fully saturated rings. The molecule has 148 valence electrons. The van der Waals surface area contributed by atoms with Crippen molar-refractivity contribution < 1.29 is 9.59 Å². The Bertz CT molecular complexity index is 1050. The van der Waals surface area contributed by atoms with E-state index in [0.717, 1.165) is 11.3 Å². The highest BCUT2D eigenvalue weighted by Crippen LogP contribution is 2.28. The van der Waals surface area contributed by atoms with Gasteiger partial charge in [0.25, 0.3) is 0 Å². The van der Waals surface area contributed by atoms with Crippen LogP contribution in [-0.2, 0) is 16.1 Å². The zero-order valence-corrected chi connectivity index (χ0v) is 16.8. The maximum Gasteiger partial charge on any atom is 0.230 e. The predicted molar refractivity (Wildman–Crippen MR) is 113 cm³/mol. The maximum absolute atomic E-state index is 12.9. The van der Waals surface area contributed by atoms with Gasteiger partial charge in [-0.05, 0) is 30.7 Å². The summed E-state index contributed by atoms with van der Waals surface area (Å²) in [5, 5.41) is 8.00. The molecule has 1 aliphatic rings. The molecular weight excluding hydrogens is 388 g/mol. The van der Waals surface area contributed by atoms with Crippen LogP contribution in [0.5, 0.6) is 0 Å². The van der Waals surface area contributed by atoms with E-state index in [0.29, 0.717) is 29.6 Å². The molecule has 3 aromatic rings. The first-order valence-electron chi connectivity index (χ1n) is 9.45. The zero-order valence-electron chi connectivity index (χ0n) is 16.0. The Morgan fingerprint density at radius 3 is 2.72 bits per heavy atom. The molecule has 2 amide bonds. The molecule has 0 bridgehead atoms. The van der Waals surface area contributed by atoms with E-state index in [1.165, 1.54) is 0 Å². The number of halogens is 1. The van der Waals surface area contributed by atoms with Gasteiger partial charge < -0.3 is 10.2 Å². The Morgan fingerprint density at radius 1 is 1.17 bits per heavy atom. The summed E-state index contributed by atoms with van der Waals surface area (Å²) in [6.45, 7) is 2.77. The fourth-order valence-corrected chi connectivity index (χ4v) is 3.71. The SMILES string of the molecule is Cc1cc(NC(=O)C2CC(=O)N(c3cccc(Cl)c3)C2)n(Cc2ccccc2)n1. The second-order valence-electron chi connectivity index (χ2n) is 7.19. The average Bonchev–Trinajstić information content (AvgIpc) is 3.25. The van der Waals surface area contributed by atoms with Crippen molar-refractivity contribution in [2.75, 3.05) is 16.8 Å². The summed E-state index contributed by atoms with van der Waals surface area (Å²) in [5.74, 6) is -0.0645. The lowest BCUT2D eigenvalue weighted by molar-refractivity contribution is -0.122. The van der Waals surface area contributed by atoms with Crippen molar-refractivity contribution in [3.05, 3.63) is 76.9 Å². The van der Waals surface area contributed by atoms with Gasteiger partial charge in [-0.1, -0.05) is 48.0 Å². The van der Waals surface area contributed by atoms with E-state index < -0.39 is 5.92 Å². The van der Waals surface area contributed by atoms with Crippen LogP contribution in [0, 0.1) is 12.8 Å². The van der Waals surface area contributed by atoms with Crippen LogP contribution in [0.3, 0.4) is 0 Å². The normalized spacial score (nSPS) is 16.3. The number of nitrogens with one attached hydrogen (secondary N) is 1. The molecule has 1 N–H and O–H groups in total. The second kappa shape index (κ2) is 8.09. The minimum atomic E-state index is -0.429. The molecule has 0 spiro atoms. The van der Waals surface area contributed by atoms with Gasteiger partial charge in [0.05, 0.1) is 18.2 Å². The number of anilines is 2. The summed E-state index contributed by atoms with van der Waals surface area (Å²) < 4.78 is 1.77. The summed E-state index contributed by atoms with van der Waals surface area (Å²) in [5.41, 5.74) is 2.62.